The Morgan fingerprint density at radius 3 is 2.83 bits per heavy atom. The molecule has 1 aromatic rings. The molecule has 96 valence electrons. The molecule has 1 heterocycles. The van der Waals surface area contributed by atoms with Gasteiger partial charge in [0.05, 0.1) is 12.1 Å². The first-order valence-electron chi connectivity index (χ1n) is 6.55. The number of carbonyl (C=O) groups excluding carboxylic acids is 1. The topological polar surface area (TPSA) is 61.4 Å². The van der Waals surface area contributed by atoms with E-state index in [9.17, 15) is 9.90 Å². The lowest BCUT2D eigenvalue weighted by molar-refractivity contribution is -0.118. The summed E-state index contributed by atoms with van der Waals surface area (Å²) in [5, 5.41) is 15.6. The molecule has 4 nitrogen and oxygen atoms in total. The lowest BCUT2D eigenvalue weighted by Crippen LogP contribution is -2.52. The predicted molar refractivity (Wildman–Crippen MR) is 69.3 cm³/mol. The predicted octanol–water partition coefficient (Wildman–Crippen LogP) is 1.05. The number of aryl methyl sites for hydroxylation is 1. The molecule has 0 saturated heterocycles. The van der Waals surface area contributed by atoms with Crippen LogP contribution in [0.15, 0.2) is 24.3 Å². The highest BCUT2D eigenvalue weighted by Crippen LogP contribution is 2.24. The highest BCUT2D eigenvalue weighted by atomic mass is 16.3. The number of carbonyl (C=O) groups is 1. The molecular formula is C14H18N2O2. The van der Waals surface area contributed by atoms with Gasteiger partial charge >= 0.3 is 0 Å². The Morgan fingerprint density at radius 2 is 2.06 bits per heavy atom. The lowest BCUT2D eigenvalue weighted by Gasteiger charge is -2.34. The average molecular weight is 246 g/mol. The van der Waals surface area contributed by atoms with E-state index in [0.29, 0.717) is 0 Å². The number of aliphatic hydroxyl groups is 1. The molecule has 0 bridgehead atoms. The lowest BCUT2D eigenvalue weighted by atomic mass is 9.88. The van der Waals surface area contributed by atoms with Crippen molar-refractivity contribution in [3.63, 3.8) is 0 Å². The first-order chi connectivity index (χ1) is 8.72. The minimum absolute atomic E-state index is 0.0429. The third-order valence-electron chi connectivity index (χ3n) is 3.84. The summed E-state index contributed by atoms with van der Waals surface area (Å²) in [6.45, 7) is 0. The number of anilines is 1. The van der Waals surface area contributed by atoms with Gasteiger partial charge < -0.3 is 15.7 Å². The number of nitrogens with one attached hydrogen (secondary N) is 2. The van der Waals surface area contributed by atoms with E-state index in [4.69, 9.17) is 0 Å². The fourth-order valence-corrected chi connectivity index (χ4v) is 2.68. The Kier molecular flexibility index (Phi) is 3.06. The summed E-state index contributed by atoms with van der Waals surface area (Å²) < 4.78 is 0. The van der Waals surface area contributed by atoms with Crippen molar-refractivity contribution in [1.29, 1.82) is 0 Å². The smallest absolute Gasteiger partial charge is 0.241 e. The maximum Gasteiger partial charge on any atom is 0.241 e. The third-order valence-corrected chi connectivity index (χ3v) is 3.84. The minimum atomic E-state index is -0.187. The van der Waals surface area contributed by atoms with E-state index >= 15 is 0 Å². The van der Waals surface area contributed by atoms with Crippen molar-refractivity contribution in [1.82, 2.24) is 5.32 Å². The zero-order valence-corrected chi connectivity index (χ0v) is 10.2. The molecule has 3 N–H and O–H groups in total. The Bertz CT molecular complexity index is 455. The van der Waals surface area contributed by atoms with Crippen LogP contribution >= 0.6 is 0 Å². The van der Waals surface area contributed by atoms with Gasteiger partial charge in [0.1, 0.15) is 0 Å². The molecule has 1 atom stereocenters. The quantitative estimate of drug-likeness (QED) is 0.731. The van der Waals surface area contributed by atoms with Gasteiger partial charge in [-0.05, 0) is 37.3 Å². The SMILES string of the molecule is O=C1Nc2ccccc2CCC1NC1CC(O)C1. The molecule has 1 saturated carbocycles. The van der Waals surface area contributed by atoms with Crippen LogP contribution in [0.1, 0.15) is 24.8 Å². The second-order valence-corrected chi connectivity index (χ2v) is 5.23. The molecule has 0 radical (unpaired) electrons. The van der Waals surface area contributed by atoms with Crippen molar-refractivity contribution in [2.24, 2.45) is 0 Å². The van der Waals surface area contributed by atoms with Gasteiger partial charge in [-0.25, -0.2) is 0 Å². The summed E-state index contributed by atoms with van der Waals surface area (Å²) in [5.41, 5.74) is 2.13. The van der Waals surface area contributed by atoms with E-state index in [1.807, 2.05) is 18.2 Å². The van der Waals surface area contributed by atoms with E-state index in [-0.39, 0.29) is 24.1 Å². The van der Waals surface area contributed by atoms with E-state index in [1.54, 1.807) is 0 Å². The van der Waals surface area contributed by atoms with Crippen LogP contribution in [0.3, 0.4) is 0 Å². The van der Waals surface area contributed by atoms with Crippen LogP contribution in [0.5, 0.6) is 0 Å². The molecular weight excluding hydrogens is 228 g/mol. The fraction of sp³-hybridized carbons (Fsp3) is 0.500. The average Bonchev–Trinajstić information content (AvgIpc) is 2.47. The Labute approximate surface area is 106 Å². The molecule has 1 aliphatic heterocycles. The maximum atomic E-state index is 12.1. The van der Waals surface area contributed by atoms with E-state index in [0.717, 1.165) is 31.4 Å². The van der Waals surface area contributed by atoms with Gasteiger partial charge in [0, 0.05) is 11.7 Å². The van der Waals surface area contributed by atoms with Crippen molar-refractivity contribution in [2.45, 2.75) is 43.9 Å². The number of aliphatic hydroxyl groups excluding tert-OH is 1. The van der Waals surface area contributed by atoms with Crippen molar-refractivity contribution in [3.8, 4) is 0 Å². The van der Waals surface area contributed by atoms with Gasteiger partial charge in [-0.1, -0.05) is 18.2 Å². The van der Waals surface area contributed by atoms with Gasteiger partial charge in [0.15, 0.2) is 0 Å². The van der Waals surface area contributed by atoms with Gasteiger partial charge in [-0.3, -0.25) is 4.79 Å². The molecule has 18 heavy (non-hydrogen) atoms. The number of hydrogen-bond donors (Lipinski definition) is 3. The Balaban J connectivity index is 1.67. The summed E-state index contributed by atoms with van der Waals surface area (Å²) in [6.07, 6.45) is 3.05. The van der Waals surface area contributed by atoms with Crippen LogP contribution in [0.2, 0.25) is 0 Å². The molecule has 2 aliphatic rings. The second-order valence-electron chi connectivity index (χ2n) is 5.23. The molecule has 1 fully saturated rings. The van der Waals surface area contributed by atoms with Crippen molar-refractivity contribution < 1.29 is 9.90 Å². The van der Waals surface area contributed by atoms with Crippen LogP contribution in [-0.4, -0.2) is 29.2 Å². The largest absolute Gasteiger partial charge is 0.393 e. The van der Waals surface area contributed by atoms with Crippen LogP contribution in [-0.2, 0) is 11.2 Å². The summed E-state index contributed by atoms with van der Waals surface area (Å²) in [4.78, 5) is 12.1. The van der Waals surface area contributed by atoms with Gasteiger partial charge in [-0.2, -0.15) is 0 Å². The molecule has 1 amide bonds. The Morgan fingerprint density at radius 1 is 1.28 bits per heavy atom. The minimum Gasteiger partial charge on any atom is -0.393 e. The third kappa shape index (κ3) is 2.26. The normalized spacial score (nSPS) is 30.9. The highest BCUT2D eigenvalue weighted by Gasteiger charge is 2.32. The molecule has 0 aromatic heterocycles. The molecule has 1 aromatic carbocycles. The fourth-order valence-electron chi connectivity index (χ4n) is 2.68. The van der Waals surface area contributed by atoms with Gasteiger partial charge in [0.25, 0.3) is 0 Å². The number of fused-ring (bicyclic) bond motifs is 1. The molecule has 0 spiro atoms. The molecule has 4 heteroatoms. The second kappa shape index (κ2) is 4.71. The summed E-state index contributed by atoms with van der Waals surface area (Å²) in [7, 11) is 0. The number of hydrogen-bond acceptors (Lipinski definition) is 3. The van der Waals surface area contributed by atoms with Crippen LogP contribution in [0.4, 0.5) is 5.69 Å². The first kappa shape index (κ1) is 11.7. The monoisotopic (exact) mass is 246 g/mol. The zero-order chi connectivity index (χ0) is 12.5. The number of benzene rings is 1. The number of para-hydroxylation sites is 1. The standard InChI is InChI=1S/C14H18N2O2/c17-11-7-10(8-11)15-13-6-5-9-3-1-2-4-12(9)16-14(13)18/h1-4,10-11,13,15,17H,5-8H2,(H,16,18). The van der Waals surface area contributed by atoms with Gasteiger partial charge in [-0.15, -0.1) is 0 Å². The molecule has 1 aliphatic carbocycles. The number of amides is 1. The zero-order valence-electron chi connectivity index (χ0n) is 10.2. The number of rotatable bonds is 2. The van der Waals surface area contributed by atoms with Gasteiger partial charge in [0.2, 0.25) is 5.91 Å². The van der Waals surface area contributed by atoms with Crippen molar-refractivity contribution in [3.05, 3.63) is 29.8 Å². The highest BCUT2D eigenvalue weighted by molar-refractivity contribution is 5.96. The summed E-state index contributed by atoms with van der Waals surface area (Å²) in [6, 6.07) is 8.09. The summed E-state index contributed by atoms with van der Waals surface area (Å²) >= 11 is 0. The maximum absolute atomic E-state index is 12.1. The molecule has 3 rings (SSSR count). The van der Waals surface area contributed by atoms with E-state index < -0.39 is 0 Å². The van der Waals surface area contributed by atoms with E-state index in [1.165, 1.54) is 5.56 Å². The van der Waals surface area contributed by atoms with Crippen LogP contribution in [0, 0.1) is 0 Å². The van der Waals surface area contributed by atoms with Crippen molar-refractivity contribution >= 4 is 11.6 Å². The molecule has 1 unspecified atom stereocenters. The first-order valence-corrected chi connectivity index (χ1v) is 6.55. The van der Waals surface area contributed by atoms with Crippen LogP contribution < -0.4 is 10.6 Å². The van der Waals surface area contributed by atoms with Crippen LogP contribution in [0.25, 0.3) is 0 Å². The van der Waals surface area contributed by atoms with E-state index in [2.05, 4.69) is 16.7 Å². The van der Waals surface area contributed by atoms with Crippen molar-refractivity contribution in [2.75, 3.05) is 5.32 Å². The Hall–Kier alpha value is -1.39. The summed E-state index contributed by atoms with van der Waals surface area (Å²) in [5.74, 6) is 0.0429.